The number of hydrogen-bond donors (Lipinski definition) is 1. The van der Waals surface area contributed by atoms with Crippen molar-refractivity contribution < 1.29 is 9.18 Å². The van der Waals surface area contributed by atoms with Gasteiger partial charge in [0.2, 0.25) is 5.91 Å². The molecule has 23 heavy (non-hydrogen) atoms. The molecule has 1 aliphatic rings. The Morgan fingerprint density at radius 2 is 2.04 bits per heavy atom. The van der Waals surface area contributed by atoms with Gasteiger partial charge in [-0.15, -0.1) is 0 Å². The highest BCUT2D eigenvalue weighted by atomic mass is 32.1. The molecule has 2 unspecified atom stereocenters. The van der Waals surface area contributed by atoms with Crippen LogP contribution < -0.4 is 4.90 Å². The number of benzene rings is 1. The van der Waals surface area contributed by atoms with Crippen LogP contribution in [0.5, 0.6) is 0 Å². The number of allylic oxidation sites excluding steroid dienone is 4. The summed E-state index contributed by atoms with van der Waals surface area (Å²) < 4.78 is 13.4. The lowest BCUT2D eigenvalue weighted by atomic mass is 9.92. The molecule has 2 atom stereocenters. The maximum absolute atomic E-state index is 13.4. The van der Waals surface area contributed by atoms with Gasteiger partial charge in [0.15, 0.2) is 0 Å². The lowest BCUT2D eigenvalue weighted by Gasteiger charge is -2.35. The molecule has 1 aromatic rings. The summed E-state index contributed by atoms with van der Waals surface area (Å²) in [5.41, 5.74) is 0.851. The predicted molar refractivity (Wildman–Crippen MR) is 97.4 cm³/mol. The van der Waals surface area contributed by atoms with Crippen LogP contribution in [0.25, 0.3) is 0 Å². The summed E-state index contributed by atoms with van der Waals surface area (Å²) in [5.74, 6) is -0.214. The highest BCUT2D eigenvalue weighted by Crippen LogP contribution is 2.28. The first-order valence-corrected chi connectivity index (χ1v) is 8.50. The molecule has 1 aliphatic carbocycles. The van der Waals surface area contributed by atoms with Crippen molar-refractivity contribution in [2.24, 2.45) is 5.92 Å². The molecule has 4 heteroatoms. The summed E-state index contributed by atoms with van der Waals surface area (Å²) in [6, 6.07) is 9.54. The molecule has 1 aromatic carbocycles. The van der Waals surface area contributed by atoms with E-state index in [-0.39, 0.29) is 29.4 Å². The van der Waals surface area contributed by atoms with Crippen LogP contribution in [0.2, 0.25) is 0 Å². The fourth-order valence-corrected chi connectivity index (χ4v) is 2.98. The topological polar surface area (TPSA) is 20.3 Å². The van der Waals surface area contributed by atoms with Crippen molar-refractivity contribution in [2.45, 2.75) is 25.8 Å². The summed E-state index contributed by atoms with van der Waals surface area (Å²) in [4.78, 5) is 14.3. The highest BCUT2D eigenvalue weighted by molar-refractivity contribution is 7.81. The largest absolute Gasteiger partial charge is 0.308 e. The van der Waals surface area contributed by atoms with E-state index in [2.05, 4.69) is 19.6 Å². The van der Waals surface area contributed by atoms with Gasteiger partial charge in [-0.05, 0) is 30.7 Å². The minimum absolute atomic E-state index is 0.0384. The highest BCUT2D eigenvalue weighted by Gasteiger charge is 2.28. The molecule has 0 aromatic heterocycles. The van der Waals surface area contributed by atoms with Crippen molar-refractivity contribution in [3.63, 3.8) is 0 Å². The van der Waals surface area contributed by atoms with Crippen molar-refractivity contribution in [3.05, 3.63) is 66.5 Å². The Hall–Kier alpha value is -1.81. The number of anilines is 1. The number of thiol groups is 1. The first kappa shape index (κ1) is 17.5. The van der Waals surface area contributed by atoms with Gasteiger partial charge in [-0.3, -0.25) is 4.79 Å². The Bertz CT molecular complexity index is 609. The zero-order valence-corrected chi connectivity index (χ0v) is 14.1. The zero-order valence-electron chi connectivity index (χ0n) is 13.2. The number of amides is 1. The Morgan fingerprint density at radius 3 is 2.70 bits per heavy atom. The van der Waals surface area contributed by atoms with E-state index in [1.54, 1.807) is 11.0 Å². The first-order chi connectivity index (χ1) is 11.2. The Kier molecular flexibility index (Phi) is 6.66. The molecule has 0 saturated carbocycles. The van der Waals surface area contributed by atoms with Gasteiger partial charge in [0.05, 0.1) is 5.75 Å². The Balaban J connectivity index is 2.39. The van der Waals surface area contributed by atoms with Crippen molar-refractivity contribution in [1.29, 1.82) is 0 Å². The standard InChI is InChI=1S/C19H22FNOS/c1-2-7-18(15-8-6-9-16(20)13-12-15)21(19(22)14-23)17-10-4-3-5-11-17/h3-6,8-13,15,18,23H,2,7,14H2,1H3. The minimum atomic E-state index is -0.272. The van der Waals surface area contributed by atoms with Crippen molar-refractivity contribution in [1.82, 2.24) is 0 Å². The van der Waals surface area contributed by atoms with E-state index in [4.69, 9.17) is 0 Å². The van der Waals surface area contributed by atoms with Gasteiger partial charge < -0.3 is 4.90 Å². The van der Waals surface area contributed by atoms with Crippen LogP contribution >= 0.6 is 12.6 Å². The second kappa shape index (κ2) is 8.73. The average molecular weight is 331 g/mol. The van der Waals surface area contributed by atoms with E-state index < -0.39 is 0 Å². The van der Waals surface area contributed by atoms with Crippen LogP contribution in [-0.4, -0.2) is 17.7 Å². The van der Waals surface area contributed by atoms with Gasteiger partial charge in [0.25, 0.3) is 0 Å². The van der Waals surface area contributed by atoms with E-state index in [0.29, 0.717) is 0 Å². The number of carbonyl (C=O) groups is 1. The fourth-order valence-electron chi connectivity index (χ4n) is 2.83. The molecule has 0 radical (unpaired) electrons. The molecule has 0 spiro atoms. The third-order valence-corrected chi connectivity index (χ3v) is 4.14. The van der Waals surface area contributed by atoms with Crippen LogP contribution in [0.3, 0.4) is 0 Å². The third kappa shape index (κ3) is 4.58. The molecule has 0 bridgehead atoms. The average Bonchev–Trinajstić information content (AvgIpc) is 2.79. The molecule has 0 aliphatic heterocycles. The molecular formula is C19H22FNOS. The lowest BCUT2D eigenvalue weighted by molar-refractivity contribution is -0.116. The van der Waals surface area contributed by atoms with Crippen LogP contribution in [0.15, 0.2) is 66.5 Å². The second-order valence-electron chi connectivity index (χ2n) is 5.49. The number of halogens is 1. The zero-order chi connectivity index (χ0) is 16.7. The molecule has 1 amide bonds. The summed E-state index contributed by atoms with van der Waals surface area (Å²) in [7, 11) is 0. The number of carbonyl (C=O) groups excluding carboxylic acids is 1. The third-order valence-electron chi connectivity index (χ3n) is 3.87. The number of para-hydroxylation sites is 1. The van der Waals surface area contributed by atoms with Crippen LogP contribution in [0.4, 0.5) is 10.1 Å². The summed E-state index contributed by atoms with van der Waals surface area (Å²) in [5, 5.41) is 0. The second-order valence-corrected chi connectivity index (χ2v) is 5.80. The van der Waals surface area contributed by atoms with Gasteiger partial charge in [0.1, 0.15) is 5.83 Å². The quantitative estimate of drug-likeness (QED) is 0.748. The summed E-state index contributed by atoms with van der Waals surface area (Å²) >= 11 is 4.17. The maximum Gasteiger partial charge on any atom is 0.236 e. The molecule has 2 rings (SSSR count). The number of nitrogens with zero attached hydrogens (tertiary/aromatic N) is 1. The van der Waals surface area contributed by atoms with Crippen LogP contribution in [0, 0.1) is 5.92 Å². The van der Waals surface area contributed by atoms with Gasteiger partial charge in [-0.25, -0.2) is 4.39 Å². The fraction of sp³-hybridized carbons (Fsp3) is 0.316. The molecule has 2 nitrogen and oxygen atoms in total. The molecule has 0 N–H and O–H groups in total. The van der Waals surface area contributed by atoms with Gasteiger partial charge in [0, 0.05) is 17.6 Å². The molecule has 0 fully saturated rings. The molecule has 122 valence electrons. The summed E-state index contributed by atoms with van der Waals surface area (Å²) in [6.07, 6.45) is 10.2. The first-order valence-electron chi connectivity index (χ1n) is 7.87. The number of rotatable bonds is 6. The lowest BCUT2D eigenvalue weighted by Crippen LogP contribution is -2.44. The normalized spacial score (nSPS) is 18.2. The predicted octanol–water partition coefficient (Wildman–Crippen LogP) is 4.71. The van der Waals surface area contributed by atoms with Crippen molar-refractivity contribution in [2.75, 3.05) is 10.7 Å². The SMILES string of the molecule is CCCC(C1C=CC=C(F)C=C1)N(C(=O)CS)c1ccccc1. The van der Waals surface area contributed by atoms with Gasteiger partial charge >= 0.3 is 0 Å². The van der Waals surface area contributed by atoms with Gasteiger partial charge in [-0.2, -0.15) is 12.6 Å². The maximum atomic E-state index is 13.4. The van der Waals surface area contributed by atoms with Crippen molar-refractivity contribution in [3.8, 4) is 0 Å². The van der Waals surface area contributed by atoms with E-state index in [1.165, 1.54) is 12.2 Å². The smallest absolute Gasteiger partial charge is 0.236 e. The van der Waals surface area contributed by atoms with E-state index >= 15 is 0 Å². The Morgan fingerprint density at radius 1 is 1.30 bits per heavy atom. The Labute approximate surface area is 142 Å². The minimum Gasteiger partial charge on any atom is -0.308 e. The van der Waals surface area contributed by atoms with Crippen LogP contribution in [0.1, 0.15) is 19.8 Å². The summed E-state index contributed by atoms with van der Waals surface area (Å²) in [6.45, 7) is 2.09. The van der Waals surface area contributed by atoms with Crippen LogP contribution in [-0.2, 0) is 4.79 Å². The van der Waals surface area contributed by atoms with E-state index in [1.807, 2.05) is 42.5 Å². The molecule has 0 saturated heterocycles. The molecule has 0 heterocycles. The number of hydrogen-bond acceptors (Lipinski definition) is 2. The van der Waals surface area contributed by atoms with E-state index in [0.717, 1.165) is 18.5 Å². The van der Waals surface area contributed by atoms with E-state index in [9.17, 15) is 9.18 Å². The van der Waals surface area contributed by atoms with Gasteiger partial charge in [-0.1, -0.05) is 49.8 Å². The monoisotopic (exact) mass is 331 g/mol. The van der Waals surface area contributed by atoms with Crippen molar-refractivity contribution >= 4 is 24.2 Å². The molecular weight excluding hydrogens is 309 g/mol.